The van der Waals surface area contributed by atoms with Gasteiger partial charge in [0.15, 0.2) is 0 Å². The first kappa shape index (κ1) is 14.3. The van der Waals surface area contributed by atoms with Crippen LogP contribution in [0.2, 0.25) is 0 Å². The second-order valence-electron chi connectivity index (χ2n) is 7.18. The van der Waals surface area contributed by atoms with E-state index in [4.69, 9.17) is 4.63 Å². The van der Waals surface area contributed by atoms with Gasteiger partial charge in [0.1, 0.15) is 11.4 Å². The summed E-state index contributed by atoms with van der Waals surface area (Å²) in [4.78, 5) is 14.8. The molecule has 2 fully saturated rings. The molecule has 0 N–H and O–H groups in total. The van der Waals surface area contributed by atoms with Gasteiger partial charge in [-0.3, -0.25) is 4.79 Å². The number of carbonyl (C=O) groups is 1. The molecule has 2 aliphatic rings. The molecule has 2 atom stereocenters. The van der Waals surface area contributed by atoms with Gasteiger partial charge in [0, 0.05) is 7.05 Å². The molecule has 0 saturated heterocycles. The maximum atomic E-state index is 13.0. The van der Waals surface area contributed by atoms with E-state index in [0.29, 0.717) is 12.5 Å². The maximum absolute atomic E-state index is 13.0. The van der Waals surface area contributed by atoms with E-state index in [1.54, 1.807) is 4.90 Å². The Labute approximate surface area is 125 Å². The van der Waals surface area contributed by atoms with Gasteiger partial charge in [-0.1, -0.05) is 36.3 Å². The number of aromatic nitrogens is 2. The van der Waals surface area contributed by atoms with Crippen molar-refractivity contribution in [1.82, 2.24) is 15.2 Å². The van der Waals surface area contributed by atoms with Gasteiger partial charge in [-0.05, 0) is 37.5 Å². The number of rotatable bonds is 3. The highest BCUT2D eigenvalue weighted by molar-refractivity contribution is 5.87. The van der Waals surface area contributed by atoms with Crippen molar-refractivity contribution in [2.75, 3.05) is 7.05 Å². The first-order chi connectivity index (χ1) is 9.79. The smallest absolute Gasteiger partial charge is 0.233 e. The lowest BCUT2D eigenvalue weighted by Gasteiger charge is -2.38. The number of hydrogen-bond acceptors (Lipinski definition) is 4. The molecule has 0 radical (unpaired) electrons. The third kappa shape index (κ3) is 1.86. The number of hydrogen-bond donors (Lipinski definition) is 0. The molecule has 5 nitrogen and oxygen atoms in total. The van der Waals surface area contributed by atoms with Gasteiger partial charge in [0.25, 0.3) is 0 Å². The molecule has 0 spiro atoms. The first-order valence-corrected chi connectivity index (χ1v) is 7.52. The molecule has 1 amide bonds. The summed E-state index contributed by atoms with van der Waals surface area (Å²) in [6.45, 7) is 11.0. The fourth-order valence-electron chi connectivity index (χ4n) is 4.18. The predicted octanol–water partition coefficient (Wildman–Crippen LogP) is 2.72. The van der Waals surface area contributed by atoms with Crippen LogP contribution in [0.5, 0.6) is 0 Å². The van der Waals surface area contributed by atoms with Crippen LogP contribution in [0, 0.1) is 23.7 Å². The Morgan fingerprint density at radius 1 is 1.48 bits per heavy atom. The molecule has 2 unspecified atom stereocenters. The predicted molar refractivity (Wildman–Crippen MR) is 78.2 cm³/mol. The largest absolute Gasteiger partial charge is 0.339 e. The Hall–Kier alpha value is -1.65. The zero-order valence-electron chi connectivity index (χ0n) is 13.3. The summed E-state index contributed by atoms with van der Waals surface area (Å²) in [5.74, 6) is 0.751. The molecule has 0 aromatic carbocycles. The van der Waals surface area contributed by atoms with Crippen LogP contribution in [0.25, 0.3) is 0 Å². The summed E-state index contributed by atoms with van der Waals surface area (Å²) < 4.78 is 4.71. The van der Waals surface area contributed by atoms with Crippen LogP contribution in [-0.4, -0.2) is 28.2 Å². The quantitative estimate of drug-likeness (QED) is 0.803. The zero-order valence-corrected chi connectivity index (χ0v) is 13.3. The van der Waals surface area contributed by atoms with Crippen LogP contribution in [0.15, 0.2) is 16.8 Å². The molecule has 2 aliphatic carbocycles. The molecule has 21 heavy (non-hydrogen) atoms. The number of amides is 1. The van der Waals surface area contributed by atoms with Crippen LogP contribution in [0.3, 0.4) is 0 Å². The number of nitrogens with zero attached hydrogens (tertiary/aromatic N) is 3. The fraction of sp³-hybridized carbons (Fsp3) is 0.688. The van der Waals surface area contributed by atoms with E-state index in [9.17, 15) is 4.79 Å². The Bertz CT molecular complexity index is 604. The van der Waals surface area contributed by atoms with Crippen molar-refractivity contribution in [2.45, 2.75) is 46.6 Å². The Morgan fingerprint density at radius 2 is 2.19 bits per heavy atom. The van der Waals surface area contributed by atoms with Gasteiger partial charge >= 0.3 is 0 Å². The highest BCUT2D eigenvalue weighted by Crippen LogP contribution is 2.65. The summed E-state index contributed by atoms with van der Waals surface area (Å²) in [6, 6.07) is 0. The summed E-state index contributed by atoms with van der Waals surface area (Å²) in [5.41, 5.74) is 2.27. The summed E-state index contributed by atoms with van der Waals surface area (Å²) in [5, 5.41) is 7.64. The highest BCUT2D eigenvalue weighted by Gasteiger charge is 2.61. The second-order valence-corrected chi connectivity index (χ2v) is 7.18. The van der Waals surface area contributed by atoms with E-state index >= 15 is 0 Å². The van der Waals surface area contributed by atoms with Crippen molar-refractivity contribution < 1.29 is 9.42 Å². The number of carbonyl (C=O) groups excluding carboxylic acids is 1. The molecule has 5 heteroatoms. The van der Waals surface area contributed by atoms with Crippen molar-refractivity contribution in [3.05, 3.63) is 23.5 Å². The molecule has 0 aliphatic heterocycles. The Balaban J connectivity index is 1.82. The average Bonchev–Trinajstić information content (AvgIpc) is 3.08. The normalized spacial score (nSPS) is 29.9. The molecule has 3 rings (SSSR count). The lowest BCUT2D eigenvalue weighted by atomic mass is 9.68. The van der Waals surface area contributed by atoms with Crippen LogP contribution < -0.4 is 0 Å². The topological polar surface area (TPSA) is 59.2 Å². The van der Waals surface area contributed by atoms with Crippen molar-refractivity contribution in [3.63, 3.8) is 0 Å². The lowest BCUT2D eigenvalue weighted by molar-refractivity contribution is -0.139. The van der Waals surface area contributed by atoms with Crippen LogP contribution >= 0.6 is 0 Å². The highest BCUT2D eigenvalue weighted by atomic mass is 16.6. The van der Waals surface area contributed by atoms with Gasteiger partial charge in [0.05, 0.1) is 12.0 Å². The molecule has 1 heterocycles. The van der Waals surface area contributed by atoms with Crippen molar-refractivity contribution >= 4 is 5.91 Å². The lowest BCUT2D eigenvalue weighted by Crippen LogP contribution is -2.42. The summed E-state index contributed by atoms with van der Waals surface area (Å²) in [6.07, 6.45) is 2.99. The molecule has 1 aromatic heterocycles. The van der Waals surface area contributed by atoms with E-state index in [-0.39, 0.29) is 16.7 Å². The monoisotopic (exact) mass is 289 g/mol. The fourth-order valence-corrected chi connectivity index (χ4v) is 4.18. The minimum Gasteiger partial charge on any atom is -0.339 e. The SMILES string of the molecule is C=C1C2(C(=O)N(C)Cc3nonc3C)CCC(C2)C1(C)C. The van der Waals surface area contributed by atoms with E-state index in [2.05, 4.69) is 30.7 Å². The standard InChI is InChI=1S/C16H23N3O2/c1-10-13(18-21-17-10)9-19(5)14(20)16-7-6-12(8-16)15(3,4)11(16)2/h12H,2,6-9H2,1,3-5H3. The van der Waals surface area contributed by atoms with E-state index < -0.39 is 0 Å². The second kappa shape index (κ2) is 4.42. The molecular formula is C16H23N3O2. The van der Waals surface area contributed by atoms with Gasteiger partial charge in [-0.25, -0.2) is 4.63 Å². The van der Waals surface area contributed by atoms with E-state index in [1.165, 1.54) is 0 Å². The maximum Gasteiger partial charge on any atom is 0.233 e. The third-order valence-corrected chi connectivity index (χ3v) is 5.78. The molecule has 2 bridgehead atoms. The Morgan fingerprint density at radius 3 is 2.71 bits per heavy atom. The summed E-state index contributed by atoms with van der Waals surface area (Å²) >= 11 is 0. The molecule has 114 valence electrons. The van der Waals surface area contributed by atoms with E-state index in [1.807, 2.05) is 14.0 Å². The van der Waals surface area contributed by atoms with Gasteiger partial charge in [-0.15, -0.1) is 0 Å². The van der Waals surface area contributed by atoms with Crippen molar-refractivity contribution in [3.8, 4) is 0 Å². The number of fused-ring (bicyclic) bond motifs is 2. The van der Waals surface area contributed by atoms with Crippen molar-refractivity contribution in [2.24, 2.45) is 16.7 Å². The van der Waals surface area contributed by atoms with Crippen LogP contribution in [0.1, 0.15) is 44.5 Å². The van der Waals surface area contributed by atoms with E-state index in [0.717, 1.165) is 36.2 Å². The van der Waals surface area contributed by atoms with Crippen LogP contribution in [-0.2, 0) is 11.3 Å². The third-order valence-electron chi connectivity index (χ3n) is 5.78. The molecular weight excluding hydrogens is 266 g/mol. The minimum atomic E-state index is -0.367. The van der Waals surface area contributed by atoms with Crippen molar-refractivity contribution in [1.29, 1.82) is 0 Å². The summed E-state index contributed by atoms with van der Waals surface area (Å²) in [7, 11) is 1.83. The van der Waals surface area contributed by atoms with Gasteiger partial charge in [-0.2, -0.15) is 0 Å². The zero-order chi connectivity index (χ0) is 15.4. The first-order valence-electron chi connectivity index (χ1n) is 7.52. The average molecular weight is 289 g/mol. The van der Waals surface area contributed by atoms with Gasteiger partial charge in [0.2, 0.25) is 5.91 Å². The molecule has 1 aromatic rings. The van der Waals surface area contributed by atoms with Gasteiger partial charge < -0.3 is 4.90 Å². The number of aryl methyl sites for hydroxylation is 1. The Kier molecular flexibility index (Phi) is 3.01. The van der Waals surface area contributed by atoms with Crippen LogP contribution in [0.4, 0.5) is 0 Å². The minimum absolute atomic E-state index is 0.0696. The molecule has 2 saturated carbocycles.